The highest BCUT2D eigenvalue weighted by Crippen LogP contribution is 2.19. The van der Waals surface area contributed by atoms with Crippen molar-refractivity contribution in [1.29, 1.82) is 0 Å². The second kappa shape index (κ2) is 14.6. The number of nitrogens with one attached hydrogen (secondary N) is 3. The molecule has 1 aliphatic rings. The fourth-order valence-electron chi connectivity index (χ4n) is 4.60. The lowest BCUT2D eigenvalue weighted by molar-refractivity contribution is -0.143. The molecule has 0 spiro atoms. The van der Waals surface area contributed by atoms with Crippen molar-refractivity contribution in [3.05, 3.63) is 54.1 Å². The Morgan fingerprint density at radius 1 is 1.12 bits per heavy atom. The number of benzene rings is 1. The molecule has 14 heteroatoms. The molecule has 0 aliphatic carbocycles. The van der Waals surface area contributed by atoms with E-state index in [1.807, 2.05) is 0 Å². The van der Waals surface area contributed by atoms with E-state index in [0.717, 1.165) is 5.56 Å². The van der Waals surface area contributed by atoms with E-state index in [1.54, 1.807) is 36.5 Å². The number of carboxylic acids is 1. The molecule has 1 fully saturated rings. The van der Waals surface area contributed by atoms with Gasteiger partial charge in [0, 0.05) is 37.8 Å². The second-order valence-electron chi connectivity index (χ2n) is 9.68. The minimum atomic E-state index is -1.21. The topological polar surface area (TPSA) is 235 Å². The van der Waals surface area contributed by atoms with Crippen LogP contribution in [0, 0.1) is 0 Å². The van der Waals surface area contributed by atoms with Crippen LogP contribution in [0.25, 0.3) is 0 Å². The lowest BCUT2D eigenvalue weighted by Gasteiger charge is -2.28. The highest BCUT2D eigenvalue weighted by molar-refractivity contribution is 5.94. The van der Waals surface area contributed by atoms with Crippen LogP contribution in [0.2, 0.25) is 0 Å². The number of aromatic nitrogens is 2. The van der Waals surface area contributed by atoms with E-state index >= 15 is 0 Å². The third-order valence-electron chi connectivity index (χ3n) is 6.63. The third-order valence-corrected chi connectivity index (χ3v) is 6.63. The maximum atomic E-state index is 13.3. The normalized spacial score (nSPS) is 16.9. The van der Waals surface area contributed by atoms with Gasteiger partial charge in [-0.3, -0.25) is 19.4 Å². The van der Waals surface area contributed by atoms with Crippen molar-refractivity contribution in [3.8, 4) is 0 Å². The van der Waals surface area contributed by atoms with Crippen molar-refractivity contribution >= 4 is 29.7 Å². The van der Waals surface area contributed by atoms with E-state index in [1.165, 1.54) is 11.2 Å². The van der Waals surface area contributed by atoms with Gasteiger partial charge in [-0.1, -0.05) is 30.3 Å². The molecule has 40 heavy (non-hydrogen) atoms. The van der Waals surface area contributed by atoms with Gasteiger partial charge in [-0.15, -0.1) is 0 Å². The van der Waals surface area contributed by atoms with Gasteiger partial charge in [0.15, 0.2) is 5.96 Å². The molecule has 4 atom stereocenters. The molecule has 1 saturated heterocycles. The van der Waals surface area contributed by atoms with Gasteiger partial charge in [-0.2, -0.15) is 0 Å². The van der Waals surface area contributed by atoms with Crippen LogP contribution in [-0.4, -0.2) is 86.9 Å². The van der Waals surface area contributed by atoms with E-state index in [2.05, 4.69) is 25.6 Å². The zero-order valence-corrected chi connectivity index (χ0v) is 22.2. The number of H-pyrrole nitrogens is 1. The van der Waals surface area contributed by atoms with Crippen molar-refractivity contribution in [2.45, 2.75) is 62.7 Å². The summed E-state index contributed by atoms with van der Waals surface area (Å²) in [4.78, 5) is 63.7. The highest BCUT2D eigenvalue weighted by Gasteiger charge is 2.38. The van der Waals surface area contributed by atoms with Gasteiger partial charge in [0.2, 0.25) is 17.7 Å². The summed E-state index contributed by atoms with van der Waals surface area (Å²) < 4.78 is 0. The Kier molecular flexibility index (Phi) is 11.0. The molecule has 4 unspecified atom stereocenters. The standard InChI is InChI=1S/C26H37N9O5/c27-18(13-17-14-30-15-32-17)24(38)35-11-5-9-21(35)23(37)33-19(8-4-10-31-26(28)29)22(36)34-20(25(39)40)12-16-6-2-1-3-7-16/h1-3,6-7,14-15,18-21H,4-5,8-13,27H2,(H,30,32)(H,33,37)(H,34,36)(H,39,40)(H4,28,29,31). The SMILES string of the molecule is NC(N)=NCCCC(NC(=O)C1CCCN1C(=O)C(N)Cc1cnc[nH]1)C(=O)NC(Cc1ccccc1)C(=O)O. The van der Waals surface area contributed by atoms with Gasteiger partial charge < -0.3 is 42.8 Å². The van der Waals surface area contributed by atoms with Crippen molar-refractivity contribution in [2.24, 2.45) is 22.2 Å². The Morgan fingerprint density at radius 3 is 2.52 bits per heavy atom. The number of amides is 3. The number of carbonyl (C=O) groups is 4. The molecular weight excluding hydrogens is 518 g/mol. The Balaban J connectivity index is 1.69. The largest absolute Gasteiger partial charge is 0.480 e. The van der Waals surface area contributed by atoms with E-state index in [-0.39, 0.29) is 37.7 Å². The van der Waals surface area contributed by atoms with Crippen LogP contribution in [0.15, 0.2) is 47.8 Å². The number of aliphatic carboxylic acids is 1. The van der Waals surface area contributed by atoms with Crippen LogP contribution in [0.4, 0.5) is 0 Å². The smallest absolute Gasteiger partial charge is 0.326 e. The van der Waals surface area contributed by atoms with E-state index < -0.39 is 42.0 Å². The van der Waals surface area contributed by atoms with Gasteiger partial charge in [0.1, 0.15) is 18.1 Å². The summed E-state index contributed by atoms with van der Waals surface area (Å²) in [6.45, 7) is 0.567. The second-order valence-corrected chi connectivity index (χ2v) is 9.68. The number of nitrogens with zero attached hydrogens (tertiary/aromatic N) is 3. The number of aliphatic imine (C=N–C) groups is 1. The van der Waals surface area contributed by atoms with Crippen molar-refractivity contribution in [3.63, 3.8) is 0 Å². The average molecular weight is 556 g/mol. The molecule has 1 aromatic heterocycles. The molecule has 3 amide bonds. The zero-order chi connectivity index (χ0) is 29.1. The molecule has 10 N–H and O–H groups in total. The van der Waals surface area contributed by atoms with Crippen LogP contribution in [-0.2, 0) is 32.0 Å². The Morgan fingerprint density at radius 2 is 1.88 bits per heavy atom. The lowest BCUT2D eigenvalue weighted by atomic mass is 10.0. The third kappa shape index (κ3) is 8.80. The summed E-state index contributed by atoms with van der Waals surface area (Å²) in [5, 5.41) is 15.0. The first-order valence-corrected chi connectivity index (χ1v) is 13.1. The van der Waals surface area contributed by atoms with Crippen molar-refractivity contribution < 1.29 is 24.3 Å². The number of aromatic amines is 1. The first-order valence-electron chi connectivity index (χ1n) is 13.1. The number of hydrogen-bond donors (Lipinski definition) is 7. The van der Waals surface area contributed by atoms with Crippen LogP contribution in [0.1, 0.15) is 36.9 Å². The lowest BCUT2D eigenvalue weighted by Crippen LogP contribution is -2.57. The Hall–Kier alpha value is -4.46. The summed E-state index contributed by atoms with van der Waals surface area (Å²) in [6, 6.07) is 4.92. The Labute approximate surface area is 231 Å². The summed E-state index contributed by atoms with van der Waals surface area (Å²) >= 11 is 0. The summed E-state index contributed by atoms with van der Waals surface area (Å²) in [5.41, 5.74) is 18.3. The predicted molar refractivity (Wildman–Crippen MR) is 147 cm³/mol. The summed E-state index contributed by atoms with van der Waals surface area (Å²) in [6.07, 6.45) is 4.86. The van der Waals surface area contributed by atoms with E-state index in [4.69, 9.17) is 17.2 Å². The molecule has 0 bridgehead atoms. The minimum absolute atomic E-state index is 0.0652. The fourth-order valence-corrected chi connectivity index (χ4v) is 4.60. The number of carboxylic acid groups (broad SMARTS) is 1. The number of rotatable bonds is 14. The van der Waals surface area contributed by atoms with Crippen LogP contribution in [0.3, 0.4) is 0 Å². The maximum Gasteiger partial charge on any atom is 0.326 e. The van der Waals surface area contributed by atoms with Crippen molar-refractivity contribution in [1.82, 2.24) is 25.5 Å². The molecule has 14 nitrogen and oxygen atoms in total. The minimum Gasteiger partial charge on any atom is -0.480 e. The molecule has 2 heterocycles. The molecule has 3 rings (SSSR count). The van der Waals surface area contributed by atoms with Gasteiger partial charge in [-0.05, 0) is 31.2 Å². The van der Waals surface area contributed by atoms with Crippen LogP contribution < -0.4 is 27.8 Å². The molecule has 0 saturated carbocycles. The maximum absolute atomic E-state index is 13.3. The summed E-state index contributed by atoms with van der Waals surface area (Å²) in [7, 11) is 0. The van der Waals surface area contributed by atoms with Crippen LogP contribution >= 0.6 is 0 Å². The number of imidazole rings is 1. The number of hydrogen-bond acceptors (Lipinski definition) is 7. The Bertz CT molecular complexity index is 1170. The highest BCUT2D eigenvalue weighted by atomic mass is 16.4. The van der Waals surface area contributed by atoms with Crippen LogP contribution in [0.5, 0.6) is 0 Å². The number of nitrogens with two attached hydrogens (primary N) is 3. The van der Waals surface area contributed by atoms with Crippen molar-refractivity contribution in [2.75, 3.05) is 13.1 Å². The molecule has 2 aromatic rings. The average Bonchev–Trinajstić information content (AvgIpc) is 3.62. The van der Waals surface area contributed by atoms with Gasteiger partial charge in [-0.25, -0.2) is 9.78 Å². The molecular formula is C26H37N9O5. The van der Waals surface area contributed by atoms with E-state index in [0.29, 0.717) is 31.5 Å². The van der Waals surface area contributed by atoms with Gasteiger partial charge >= 0.3 is 5.97 Å². The van der Waals surface area contributed by atoms with E-state index in [9.17, 15) is 24.3 Å². The monoisotopic (exact) mass is 555 g/mol. The predicted octanol–water partition coefficient (Wildman–Crippen LogP) is -1.38. The first-order chi connectivity index (χ1) is 19.2. The summed E-state index contributed by atoms with van der Waals surface area (Å²) in [5.74, 6) is -2.87. The first kappa shape index (κ1) is 30.1. The number of carbonyl (C=O) groups excluding carboxylic acids is 3. The molecule has 1 aliphatic heterocycles. The fraction of sp³-hybridized carbons (Fsp3) is 0.462. The molecule has 0 radical (unpaired) electrons. The number of guanidine groups is 1. The van der Waals surface area contributed by atoms with Gasteiger partial charge in [0.05, 0.1) is 12.4 Å². The molecule has 1 aromatic carbocycles. The number of likely N-dealkylation sites (tertiary alicyclic amines) is 1. The quantitative estimate of drug-likeness (QED) is 0.0825. The zero-order valence-electron chi connectivity index (χ0n) is 22.2. The molecule has 216 valence electrons. The van der Waals surface area contributed by atoms with Gasteiger partial charge in [0.25, 0.3) is 0 Å².